The summed E-state index contributed by atoms with van der Waals surface area (Å²) in [7, 11) is 0. The maximum Gasteiger partial charge on any atom is 0.225 e. The molecule has 1 aliphatic carbocycles. The molecule has 0 heterocycles. The first-order chi connectivity index (χ1) is 7.07. The Kier molecular flexibility index (Phi) is 5.10. The van der Waals surface area contributed by atoms with E-state index in [4.69, 9.17) is 0 Å². The molecule has 0 N–H and O–H groups in total. The fourth-order valence-corrected chi connectivity index (χ4v) is 2.16. The summed E-state index contributed by atoms with van der Waals surface area (Å²) in [5.74, 6) is 1.26. The Morgan fingerprint density at radius 2 is 2.00 bits per heavy atom. The molecular weight excluding hydrogens is 254 g/mol. The van der Waals surface area contributed by atoms with Gasteiger partial charge in [0.15, 0.2) is 0 Å². The van der Waals surface area contributed by atoms with E-state index in [-0.39, 0.29) is 5.92 Å². The van der Waals surface area contributed by atoms with Crippen LogP contribution in [0.5, 0.6) is 0 Å². The molecule has 0 aromatic heterocycles. The van der Waals surface area contributed by atoms with E-state index in [2.05, 4.69) is 36.7 Å². The summed E-state index contributed by atoms with van der Waals surface area (Å²) in [5, 5.41) is 0.974. The summed E-state index contributed by atoms with van der Waals surface area (Å²) in [4.78, 5) is 14.2. The maximum atomic E-state index is 12.2. The molecule has 0 saturated heterocycles. The average Bonchev–Trinajstić information content (AvgIpc) is 2.99. The lowest BCUT2D eigenvalue weighted by molar-refractivity contribution is -0.137. The van der Waals surface area contributed by atoms with Crippen LogP contribution in [0, 0.1) is 11.8 Å². The number of hydrogen-bond donors (Lipinski definition) is 0. The number of hydrogen-bond acceptors (Lipinski definition) is 1. The van der Waals surface area contributed by atoms with E-state index < -0.39 is 0 Å². The molecule has 1 amide bonds. The zero-order chi connectivity index (χ0) is 11.4. The van der Waals surface area contributed by atoms with Gasteiger partial charge in [0, 0.05) is 23.8 Å². The molecule has 0 aromatic carbocycles. The molecule has 1 fully saturated rings. The normalized spacial score (nSPS) is 17.9. The van der Waals surface area contributed by atoms with Crippen LogP contribution in [0.25, 0.3) is 0 Å². The van der Waals surface area contributed by atoms with Crippen molar-refractivity contribution in [2.24, 2.45) is 11.8 Å². The van der Waals surface area contributed by atoms with Crippen LogP contribution in [0.4, 0.5) is 0 Å². The Balaban J connectivity index is 2.49. The summed E-state index contributed by atoms with van der Waals surface area (Å²) in [5.41, 5.74) is 0. The first-order valence-electron chi connectivity index (χ1n) is 5.94. The number of nitrogens with zero attached hydrogens (tertiary/aromatic N) is 1. The van der Waals surface area contributed by atoms with Crippen molar-refractivity contribution in [3.05, 3.63) is 0 Å². The highest BCUT2D eigenvalue weighted by Gasteiger charge is 2.35. The van der Waals surface area contributed by atoms with Gasteiger partial charge >= 0.3 is 0 Å². The highest BCUT2D eigenvalue weighted by molar-refractivity contribution is 9.09. The number of amides is 1. The lowest BCUT2D eigenvalue weighted by atomic mass is 10.0. The van der Waals surface area contributed by atoms with E-state index in [0.29, 0.717) is 17.9 Å². The molecule has 0 spiro atoms. The van der Waals surface area contributed by atoms with Crippen LogP contribution in [-0.2, 0) is 4.79 Å². The molecule has 0 bridgehead atoms. The van der Waals surface area contributed by atoms with E-state index >= 15 is 0 Å². The van der Waals surface area contributed by atoms with Gasteiger partial charge in [-0.3, -0.25) is 4.79 Å². The second kappa shape index (κ2) is 5.88. The molecule has 0 aliphatic heterocycles. The van der Waals surface area contributed by atoms with Crippen molar-refractivity contribution >= 4 is 21.8 Å². The third-order valence-electron chi connectivity index (χ3n) is 3.16. The third-order valence-corrected chi connectivity index (χ3v) is 3.72. The molecule has 88 valence electrons. The zero-order valence-corrected chi connectivity index (χ0v) is 11.6. The predicted octanol–water partition coefficient (Wildman–Crippen LogP) is 3.05. The minimum absolute atomic E-state index is 0.239. The molecule has 3 heteroatoms. The molecule has 2 nitrogen and oxygen atoms in total. The predicted molar refractivity (Wildman–Crippen MR) is 67.1 cm³/mol. The molecule has 1 aliphatic rings. The van der Waals surface area contributed by atoms with E-state index in [1.165, 1.54) is 12.8 Å². The van der Waals surface area contributed by atoms with Crippen molar-refractivity contribution in [2.75, 3.05) is 11.9 Å². The van der Waals surface area contributed by atoms with Gasteiger partial charge in [-0.1, -0.05) is 22.9 Å². The summed E-state index contributed by atoms with van der Waals surface area (Å²) in [6.45, 7) is 7.18. The van der Waals surface area contributed by atoms with Crippen LogP contribution in [0.15, 0.2) is 0 Å². The van der Waals surface area contributed by atoms with Gasteiger partial charge in [0.05, 0.1) is 0 Å². The average molecular weight is 276 g/mol. The molecule has 15 heavy (non-hydrogen) atoms. The molecule has 1 atom stereocenters. The quantitative estimate of drug-likeness (QED) is 0.683. The first-order valence-corrected chi connectivity index (χ1v) is 7.06. The topological polar surface area (TPSA) is 20.3 Å². The van der Waals surface area contributed by atoms with Gasteiger partial charge in [-0.2, -0.15) is 0 Å². The van der Waals surface area contributed by atoms with Crippen molar-refractivity contribution in [1.82, 2.24) is 4.90 Å². The fourth-order valence-electron chi connectivity index (χ4n) is 1.91. The minimum Gasteiger partial charge on any atom is -0.340 e. The Morgan fingerprint density at radius 3 is 2.40 bits per heavy atom. The molecule has 1 unspecified atom stereocenters. The Labute approximate surface area is 102 Å². The lowest BCUT2D eigenvalue weighted by Crippen LogP contribution is -2.41. The summed E-state index contributed by atoms with van der Waals surface area (Å²) in [6, 6.07) is 0.331. The van der Waals surface area contributed by atoms with E-state index in [0.717, 1.165) is 18.3 Å². The molecule has 1 rings (SSSR count). The van der Waals surface area contributed by atoms with Crippen LogP contribution >= 0.6 is 15.9 Å². The van der Waals surface area contributed by atoms with Gasteiger partial charge in [-0.05, 0) is 39.0 Å². The number of carbonyl (C=O) groups excluding carboxylic acids is 1. The lowest BCUT2D eigenvalue weighted by Gasteiger charge is -2.29. The third kappa shape index (κ3) is 3.78. The molecular formula is C12H22BrNO. The van der Waals surface area contributed by atoms with Crippen LogP contribution in [0.1, 0.15) is 40.0 Å². The minimum atomic E-state index is 0.239. The number of alkyl halides is 1. The summed E-state index contributed by atoms with van der Waals surface area (Å²) < 4.78 is 0. The van der Waals surface area contributed by atoms with E-state index in [1.54, 1.807) is 0 Å². The molecule has 0 aromatic rings. The smallest absolute Gasteiger partial charge is 0.225 e. The van der Waals surface area contributed by atoms with Crippen molar-refractivity contribution in [1.29, 1.82) is 0 Å². The first kappa shape index (κ1) is 13.0. The summed E-state index contributed by atoms with van der Waals surface area (Å²) >= 11 is 3.42. The largest absolute Gasteiger partial charge is 0.340 e. The van der Waals surface area contributed by atoms with E-state index in [9.17, 15) is 4.79 Å². The second-order valence-corrected chi connectivity index (χ2v) is 5.59. The Hall–Kier alpha value is -0.0500. The standard InChI is InChI=1S/C12H22BrNO/c1-9(2)14(8-4-7-13)12(15)10(3)11-5-6-11/h9-11H,4-8H2,1-3H3. The highest BCUT2D eigenvalue weighted by atomic mass is 79.9. The van der Waals surface area contributed by atoms with Crippen molar-refractivity contribution < 1.29 is 4.79 Å². The van der Waals surface area contributed by atoms with Crippen molar-refractivity contribution in [2.45, 2.75) is 46.1 Å². The zero-order valence-electron chi connectivity index (χ0n) is 10.0. The highest BCUT2D eigenvalue weighted by Crippen LogP contribution is 2.37. The van der Waals surface area contributed by atoms with Crippen LogP contribution in [-0.4, -0.2) is 28.7 Å². The van der Waals surface area contributed by atoms with Crippen LogP contribution in [0.3, 0.4) is 0 Å². The van der Waals surface area contributed by atoms with Crippen LogP contribution < -0.4 is 0 Å². The van der Waals surface area contributed by atoms with Gasteiger partial charge in [-0.25, -0.2) is 0 Å². The van der Waals surface area contributed by atoms with Gasteiger partial charge < -0.3 is 4.90 Å². The molecule has 1 saturated carbocycles. The van der Waals surface area contributed by atoms with Crippen molar-refractivity contribution in [3.63, 3.8) is 0 Å². The number of rotatable bonds is 6. The Morgan fingerprint density at radius 1 is 1.40 bits per heavy atom. The van der Waals surface area contributed by atoms with E-state index in [1.807, 2.05) is 4.90 Å². The van der Waals surface area contributed by atoms with Crippen LogP contribution in [0.2, 0.25) is 0 Å². The van der Waals surface area contributed by atoms with Gasteiger partial charge in [0.25, 0.3) is 0 Å². The monoisotopic (exact) mass is 275 g/mol. The van der Waals surface area contributed by atoms with Gasteiger partial charge in [-0.15, -0.1) is 0 Å². The Bertz CT molecular complexity index is 214. The fraction of sp³-hybridized carbons (Fsp3) is 0.917. The maximum absolute atomic E-state index is 12.2. The number of halogens is 1. The van der Waals surface area contributed by atoms with Crippen molar-refractivity contribution in [3.8, 4) is 0 Å². The van der Waals surface area contributed by atoms with Gasteiger partial charge in [0.1, 0.15) is 0 Å². The second-order valence-electron chi connectivity index (χ2n) is 4.79. The SMILES string of the molecule is CC(C(=O)N(CCCBr)C(C)C)C1CC1. The molecule has 0 radical (unpaired) electrons. The van der Waals surface area contributed by atoms with Gasteiger partial charge in [0.2, 0.25) is 5.91 Å². The summed E-state index contributed by atoms with van der Waals surface area (Å²) in [6.07, 6.45) is 3.54. The number of carbonyl (C=O) groups is 1.